The first-order valence-corrected chi connectivity index (χ1v) is 5.77. The fraction of sp³-hybridized carbons (Fsp3) is 0.571. The van der Waals surface area contributed by atoms with E-state index >= 15 is 0 Å². The van der Waals surface area contributed by atoms with E-state index < -0.39 is 0 Å². The third-order valence-electron chi connectivity index (χ3n) is 3.24. The first-order chi connectivity index (χ1) is 7.49. The number of methoxy groups -OCH3 is 1. The third kappa shape index (κ3) is 3.32. The molecule has 90 valence electrons. The molecule has 1 rings (SSSR count). The fourth-order valence-electron chi connectivity index (χ4n) is 1.91. The highest BCUT2D eigenvalue weighted by Gasteiger charge is 2.27. The van der Waals surface area contributed by atoms with Gasteiger partial charge in [-0.2, -0.15) is 0 Å². The van der Waals surface area contributed by atoms with E-state index in [-0.39, 0.29) is 5.60 Å². The lowest BCUT2D eigenvalue weighted by atomic mass is 9.92. The van der Waals surface area contributed by atoms with Crippen molar-refractivity contribution in [2.45, 2.75) is 38.8 Å². The Morgan fingerprint density at radius 2 is 2.06 bits per heavy atom. The van der Waals surface area contributed by atoms with Gasteiger partial charge in [-0.15, -0.1) is 0 Å². The molecule has 1 atom stereocenters. The van der Waals surface area contributed by atoms with Crippen LogP contribution >= 0.6 is 0 Å². The van der Waals surface area contributed by atoms with E-state index in [4.69, 9.17) is 4.74 Å². The summed E-state index contributed by atoms with van der Waals surface area (Å²) in [7, 11) is 3.75. The van der Waals surface area contributed by atoms with Crippen LogP contribution in [0.3, 0.4) is 0 Å². The van der Waals surface area contributed by atoms with Crippen LogP contribution in [0, 0.1) is 6.92 Å². The summed E-state index contributed by atoms with van der Waals surface area (Å²) in [6.07, 6.45) is 0.985. The monoisotopic (exact) mass is 221 g/mol. The first-order valence-electron chi connectivity index (χ1n) is 5.77. The Hall–Kier alpha value is -0.860. The molecule has 0 radical (unpaired) electrons. The van der Waals surface area contributed by atoms with Crippen molar-refractivity contribution < 1.29 is 4.74 Å². The topological polar surface area (TPSA) is 21.3 Å². The average Bonchev–Trinajstić information content (AvgIpc) is 2.25. The SMILES string of the molecule is CNC(Cc1cccc(C)c1)C(C)(C)OC. The minimum atomic E-state index is -0.154. The lowest BCUT2D eigenvalue weighted by molar-refractivity contribution is -0.00797. The molecule has 0 aliphatic carbocycles. The summed E-state index contributed by atoms with van der Waals surface area (Å²) in [5.74, 6) is 0. The smallest absolute Gasteiger partial charge is 0.0778 e. The molecule has 0 fully saturated rings. The lowest BCUT2D eigenvalue weighted by Crippen LogP contribution is -2.48. The molecule has 0 heterocycles. The van der Waals surface area contributed by atoms with Gasteiger partial charge in [0.1, 0.15) is 0 Å². The normalized spacial score (nSPS) is 13.8. The molecule has 0 amide bonds. The molecule has 16 heavy (non-hydrogen) atoms. The van der Waals surface area contributed by atoms with Gasteiger partial charge in [-0.3, -0.25) is 0 Å². The Bertz CT molecular complexity index is 333. The van der Waals surface area contributed by atoms with Crippen molar-refractivity contribution >= 4 is 0 Å². The van der Waals surface area contributed by atoms with Gasteiger partial charge in [0, 0.05) is 13.2 Å². The van der Waals surface area contributed by atoms with Crippen molar-refractivity contribution in [3.63, 3.8) is 0 Å². The first kappa shape index (κ1) is 13.2. The predicted molar refractivity (Wildman–Crippen MR) is 68.8 cm³/mol. The van der Waals surface area contributed by atoms with Gasteiger partial charge in [-0.05, 0) is 39.8 Å². The molecule has 0 aliphatic rings. The minimum Gasteiger partial charge on any atom is -0.377 e. The van der Waals surface area contributed by atoms with Crippen molar-refractivity contribution in [3.8, 4) is 0 Å². The van der Waals surface area contributed by atoms with Crippen LogP contribution in [0.5, 0.6) is 0 Å². The summed E-state index contributed by atoms with van der Waals surface area (Å²) in [5.41, 5.74) is 2.51. The summed E-state index contributed by atoms with van der Waals surface area (Å²) in [6, 6.07) is 8.95. The van der Waals surface area contributed by atoms with Gasteiger partial charge in [0.05, 0.1) is 5.60 Å². The third-order valence-corrected chi connectivity index (χ3v) is 3.24. The van der Waals surface area contributed by atoms with Crippen molar-refractivity contribution in [2.75, 3.05) is 14.2 Å². The number of rotatable bonds is 5. The molecule has 0 aliphatic heterocycles. The second-order valence-electron chi connectivity index (χ2n) is 4.84. The number of ether oxygens (including phenoxy) is 1. The van der Waals surface area contributed by atoms with Crippen LogP contribution in [-0.4, -0.2) is 25.8 Å². The Labute approximate surface area is 99.0 Å². The van der Waals surface area contributed by atoms with E-state index in [0.717, 1.165) is 6.42 Å². The highest BCUT2D eigenvalue weighted by Crippen LogP contribution is 2.18. The number of aryl methyl sites for hydroxylation is 1. The zero-order chi connectivity index (χ0) is 12.2. The second kappa shape index (κ2) is 5.46. The van der Waals surface area contributed by atoms with Crippen LogP contribution in [0.15, 0.2) is 24.3 Å². The standard InChI is InChI=1S/C14H23NO/c1-11-7-6-8-12(9-11)10-13(15-4)14(2,3)16-5/h6-9,13,15H,10H2,1-5H3. The van der Waals surface area contributed by atoms with Gasteiger partial charge < -0.3 is 10.1 Å². The van der Waals surface area contributed by atoms with Crippen LogP contribution < -0.4 is 5.32 Å². The molecule has 0 saturated carbocycles. The Morgan fingerprint density at radius 3 is 2.56 bits per heavy atom. The van der Waals surface area contributed by atoms with Crippen molar-refractivity contribution in [1.82, 2.24) is 5.32 Å². The van der Waals surface area contributed by atoms with E-state index in [2.05, 4.69) is 50.4 Å². The molecular weight excluding hydrogens is 198 g/mol. The van der Waals surface area contributed by atoms with Gasteiger partial charge in [0.15, 0.2) is 0 Å². The maximum absolute atomic E-state index is 5.53. The maximum atomic E-state index is 5.53. The van der Waals surface area contributed by atoms with E-state index in [0.29, 0.717) is 6.04 Å². The summed E-state index contributed by atoms with van der Waals surface area (Å²) in [6.45, 7) is 6.35. The van der Waals surface area contributed by atoms with Gasteiger partial charge in [0.25, 0.3) is 0 Å². The van der Waals surface area contributed by atoms with E-state index in [1.165, 1.54) is 11.1 Å². The highest BCUT2D eigenvalue weighted by molar-refractivity contribution is 5.23. The second-order valence-corrected chi connectivity index (χ2v) is 4.84. The van der Waals surface area contributed by atoms with Gasteiger partial charge >= 0.3 is 0 Å². The molecule has 1 aromatic carbocycles. The summed E-state index contributed by atoms with van der Waals surface area (Å²) in [5, 5.41) is 3.34. The minimum absolute atomic E-state index is 0.154. The molecule has 0 aromatic heterocycles. The number of hydrogen-bond donors (Lipinski definition) is 1. The summed E-state index contributed by atoms with van der Waals surface area (Å²) in [4.78, 5) is 0. The molecule has 0 spiro atoms. The Balaban J connectivity index is 2.78. The highest BCUT2D eigenvalue weighted by atomic mass is 16.5. The maximum Gasteiger partial charge on any atom is 0.0778 e. The summed E-state index contributed by atoms with van der Waals surface area (Å²) >= 11 is 0. The van der Waals surface area contributed by atoms with Crippen LogP contribution in [0.4, 0.5) is 0 Å². The predicted octanol–water partition coefficient (Wildman–Crippen LogP) is 2.55. The van der Waals surface area contributed by atoms with Gasteiger partial charge in [-0.1, -0.05) is 29.8 Å². The quantitative estimate of drug-likeness (QED) is 0.825. The fourth-order valence-corrected chi connectivity index (χ4v) is 1.91. The van der Waals surface area contributed by atoms with Crippen molar-refractivity contribution in [2.24, 2.45) is 0 Å². The van der Waals surface area contributed by atoms with Crippen molar-refractivity contribution in [1.29, 1.82) is 0 Å². The Kier molecular flexibility index (Phi) is 4.51. The molecule has 0 saturated heterocycles. The molecule has 1 aromatic rings. The van der Waals surface area contributed by atoms with Crippen LogP contribution in [-0.2, 0) is 11.2 Å². The summed E-state index contributed by atoms with van der Waals surface area (Å²) < 4.78 is 5.53. The van der Waals surface area contributed by atoms with Gasteiger partial charge in [-0.25, -0.2) is 0 Å². The molecule has 2 heteroatoms. The van der Waals surface area contributed by atoms with Gasteiger partial charge in [0.2, 0.25) is 0 Å². The largest absolute Gasteiger partial charge is 0.377 e. The Morgan fingerprint density at radius 1 is 1.38 bits per heavy atom. The number of likely N-dealkylation sites (N-methyl/N-ethyl adjacent to an activating group) is 1. The lowest BCUT2D eigenvalue weighted by Gasteiger charge is -2.33. The van der Waals surface area contributed by atoms with Crippen LogP contribution in [0.1, 0.15) is 25.0 Å². The molecule has 0 bridgehead atoms. The zero-order valence-corrected chi connectivity index (χ0v) is 11.0. The molecule has 2 nitrogen and oxygen atoms in total. The average molecular weight is 221 g/mol. The van der Waals surface area contributed by atoms with E-state index in [1.807, 2.05) is 7.05 Å². The van der Waals surface area contributed by atoms with E-state index in [9.17, 15) is 0 Å². The van der Waals surface area contributed by atoms with Crippen molar-refractivity contribution in [3.05, 3.63) is 35.4 Å². The number of hydrogen-bond acceptors (Lipinski definition) is 2. The zero-order valence-electron chi connectivity index (χ0n) is 11.0. The molecule has 1 unspecified atom stereocenters. The molecular formula is C14H23NO. The number of benzene rings is 1. The van der Waals surface area contributed by atoms with Crippen LogP contribution in [0.2, 0.25) is 0 Å². The molecule has 1 N–H and O–H groups in total. The number of nitrogens with one attached hydrogen (secondary N) is 1. The van der Waals surface area contributed by atoms with Crippen LogP contribution in [0.25, 0.3) is 0 Å². The van der Waals surface area contributed by atoms with E-state index in [1.54, 1.807) is 7.11 Å².